The molecule has 0 saturated carbocycles. The molecule has 5 rings (SSSR count). The summed E-state index contributed by atoms with van der Waals surface area (Å²) in [6.07, 6.45) is 3.45. The van der Waals surface area contributed by atoms with E-state index in [0.29, 0.717) is 24.4 Å². The number of sulfonamides is 1. The smallest absolute Gasteiger partial charge is 0.241 e. The van der Waals surface area contributed by atoms with Crippen LogP contribution in [0.4, 0.5) is 0 Å². The zero-order valence-electron chi connectivity index (χ0n) is 24.2. The Kier molecular flexibility index (Phi) is 9.95. The average Bonchev–Trinajstić information content (AvgIpc) is 2.96. The number of fused-ring (bicyclic) bond motifs is 1. The molecule has 3 heterocycles. The quantitative estimate of drug-likeness (QED) is 0.399. The number of carbonyl (C=O) groups is 1. The van der Waals surface area contributed by atoms with Crippen LogP contribution in [0.25, 0.3) is 0 Å². The predicted molar refractivity (Wildman–Crippen MR) is 163 cm³/mol. The monoisotopic (exact) mass is 614 g/mol. The first-order chi connectivity index (χ1) is 19.6. The summed E-state index contributed by atoms with van der Waals surface area (Å²) in [7, 11) is -3.94. The number of hydrogen-bond donors (Lipinski definition) is 2. The van der Waals surface area contributed by atoms with E-state index >= 15 is 0 Å². The van der Waals surface area contributed by atoms with Crippen molar-refractivity contribution in [2.24, 2.45) is 0 Å². The van der Waals surface area contributed by atoms with Gasteiger partial charge in [0.2, 0.25) is 15.9 Å². The number of amides is 1. The summed E-state index contributed by atoms with van der Waals surface area (Å²) in [5.41, 5.74) is 2.40. The molecule has 2 aliphatic rings. The zero-order chi connectivity index (χ0) is 29.2. The highest BCUT2D eigenvalue weighted by Crippen LogP contribution is 2.41. The van der Waals surface area contributed by atoms with Crippen LogP contribution in [0.3, 0.4) is 0 Å². The van der Waals surface area contributed by atoms with E-state index < -0.39 is 27.8 Å². The molecule has 1 aromatic heterocycles. The Bertz CT molecular complexity index is 1480. The van der Waals surface area contributed by atoms with Gasteiger partial charge >= 0.3 is 0 Å². The summed E-state index contributed by atoms with van der Waals surface area (Å²) >= 11 is 0. The number of benzene rings is 2. The molecule has 2 N–H and O–H groups in total. The lowest BCUT2D eigenvalue weighted by Gasteiger charge is -2.42. The van der Waals surface area contributed by atoms with Gasteiger partial charge in [0, 0.05) is 50.7 Å². The summed E-state index contributed by atoms with van der Waals surface area (Å²) < 4.78 is 35.5. The van der Waals surface area contributed by atoms with Gasteiger partial charge in [0.15, 0.2) is 0 Å². The number of carbonyl (C=O) groups excluding carboxylic acids is 1. The Hall–Kier alpha value is -3.02. The van der Waals surface area contributed by atoms with Crippen molar-refractivity contribution in [1.29, 1.82) is 0 Å². The number of nitrogens with one attached hydrogen (secondary N) is 1. The summed E-state index contributed by atoms with van der Waals surface area (Å²) in [5.74, 6) is 0.492. The first kappa shape index (κ1) is 31.9. The van der Waals surface area contributed by atoms with E-state index in [0.717, 1.165) is 42.7 Å². The molecule has 3 aromatic rings. The van der Waals surface area contributed by atoms with Crippen molar-refractivity contribution in [3.63, 3.8) is 0 Å². The van der Waals surface area contributed by atoms with Crippen LogP contribution < -0.4 is 9.46 Å². The van der Waals surface area contributed by atoms with Gasteiger partial charge in [-0.15, -0.1) is 12.4 Å². The fourth-order valence-corrected chi connectivity index (χ4v) is 6.64. The number of nitrogens with zero attached hydrogens (tertiary/aromatic N) is 3. The zero-order valence-corrected chi connectivity index (χ0v) is 25.8. The number of aliphatic hydroxyl groups excluding tert-OH is 1. The molecule has 226 valence electrons. The lowest BCUT2D eigenvalue weighted by Crippen LogP contribution is -2.53. The molecule has 1 fully saturated rings. The van der Waals surface area contributed by atoms with Crippen molar-refractivity contribution >= 4 is 28.3 Å². The Balaban J connectivity index is 0.00000405. The Labute approximate surface area is 254 Å². The van der Waals surface area contributed by atoms with Crippen molar-refractivity contribution in [3.05, 3.63) is 89.2 Å². The molecule has 9 nitrogen and oxygen atoms in total. The second kappa shape index (κ2) is 13.1. The second-order valence-electron chi connectivity index (χ2n) is 11.3. The molecule has 1 amide bonds. The first-order valence-corrected chi connectivity index (χ1v) is 15.5. The lowest BCUT2D eigenvalue weighted by molar-refractivity contribution is -0.132. The number of hydrogen-bond acceptors (Lipinski definition) is 7. The lowest BCUT2D eigenvalue weighted by atomic mass is 9.86. The maximum Gasteiger partial charge on any atom is 0.241 e. The highest BCUT2D eigenvalue weighted by Gasteiger charge is 2.44. The minimum absolute atomic E-state index is 0. The van der Waals surface area contributed by atoms with Gasteiger partial charge in [-0.3, -0.25) is 14.7 Å². The van der Waals surface area contributed by atoms with Crippen LogP contribution in [-0.4, -0.2) is 72.1 Å². The van der Waals surface area contributed by atoms with Crippen LogP contribution in [-0.2, 0) is 34.2 Å². The molecule has 1 saturated heterocycles. The van der Waals surface area contributed by atoms with Crippen molar-refractivity contribution < 1.29 is 23.1 Å². The fraction of sp³-hybridized carbons (Fsp3) is 0.419. The summed E-state index contributed by atoms with van der Waals surface area (Å²) in [6, 6.07) is 15.1. The number of ether oxygens (including phenoxy) is 1. The maximum absolute atomic E-state index is 13.3. The highest BCUT2D eigenvalue weighted by atomic mass is 35.5. The van der Waals surface area contributed by atoms with Gasteiger partial charge in [-0.25, -0.2) is 13.1 Å². The van der Waals surface area contributed by atoms with E-state index in [1.807, 2.05) is 30.2 Å². The Morgan fingerprint density at radius 1 is 1.05 bits per heavy atom. The Morgan fingerprint density at radius 3 is 2.38 bits per heavy atom. The molecule has 2 atom stereocenters. The van der Waals surface area contributed by atoms with E-state index in [2.05, 4.69) is 20.7 Å². The van der Waals surface area contributed by atoms with Crippen LogP contribution in [0.1, 0.15) is 49.1 Å². The predicted octanol–water partition coefficient (Wildman–Crippen LogP) is 3.50. The number of halogens is 1. The molecule has 42 heavy (non-hydrogen) atoms. The number of aromatic nitrogens is 1. The molecular formula is C31H39ClN4O5S. The Morgan fingerprint density at radius 2 is 1.74 bits per heavy atom. The minimum Gasteiger partial charge on any atom is -0.485 e. The van der Waals surface area contributed by atoms with Crippen LogP contribution in [0.5, 0.6) is 5.75 Å². The molecule has 2 aromatic carbocycles. The summed E-state index contributed by atoms with van der Waals surface area (Å²) in [5, 5.41) is 11.2. The number of aliphatic hydroxyl groups is 1. The van der Waals surface area contributed by atoms with Crippen LogP contribution in [0, 0.1) is 0 Å². The number of rotatable bonds is 8. The van der Waals surface area contributed by atoms with Crippen LogP contribution >= 0.6 is 12.4 Å². The maximum atomic E-state index is 13.3. The van der Waals surface area contributed by atoms with E-state index in [4.69, 9.17) is 4.74 Å². The average molecular weight is 615 g/mol. The molecule has 2 aliphatic heterocycles. The molecule has 11 heteroatoms. The molecular weight excluding hydrogens is 576 g/mol. The third-order valence-corrected chi connectivity index (χ3v) is 9.40. The summed E-state index contributed by atoms with van der Waals surface area (Å²) in [6.45, 7) is 9.10. The third-order valence-electron chi connectivity index (χ3n) is 7.94. The molecule has 0 radical (unpaired) electrons. The van der Waals surface area contributed by atoms with Crippen molar-refractivity contribution in [2.75, 3.05) is 26.2 Å². The molecule has 0 aliphatic carbocycles. The molecule has 0 bridgehead atoms. The van der Waals surface area contributed by atoms with Gasteiger partial charge in [0.25, 0.3) is 0 Å². The number of pyridine rings is 1. The van der Waals surface area contributed by atoms with Crippen LogP contribution in [0.2, 0.25) is 0 Å². The van der Waals surface area contributed by atoms with Gasteiger partial charge in [-0.2, -0.15) is 0 Å². The minimum atomic E-state index is -3.94. The van der Waals surface area contributed by atoms with E-state index in [-0.39, 0.29) is 29.6 Å². The number of aryl methyl sites for hydroxylation is 1. The largest absolute Gasteiger partial charge is 0.485 e. The third kappa shape index (κ3) is 7.12. The first-order valence-electron chi connectivity index (χ1n) is 14.1. The molecule has 0 spiro atoms. The van der Waals surface area contributed by atoms with Crippen molar-refractivity contribution in [2.45, 2.75) is 62.8 Å². The van der Waals surface area contributed by atoms with Gasteiger partial charge in [0.1, 0.15) is 17.5 Å². The standard InChI is InChI=1S/C31H38N4O5S.ClH/c1-4-22-7-10-25(11-8-22)41(38,39)33-29-26-18-23(9-12-27(26)40-31(2,3)30(29)37)19-28(36)35-16-14-34(15-17-35)21-24-6-5-13-32-20-24;/h5-13,18,20,29-30,33,37H,4,14-17,19,21H2,1-3H3;1H/t29-,30+;/m1./s1. The highest BCUT2D eigenvalue weighted by molar-refractivity contribution is 7.89. The second-order valence-corrected chi connectivity index (χ2v) is 13.0. The topological polar surface area (TPSA) is 112 Å². The van der Waals surface area contributed by atoms with Gasteiger partial charge < -0.3 is 14.7 Å². The fourth-order valence-electron chi connectivity index (χ4n) is 5.42. The summed E-state index contributed by atoms with van der Waals surface area (Å²) in [4.78, 5) is 21.7. The molecule has 0 unspecified atom stereocenters. The normalized spacial score (nSPS) is 20.2. The van der Waals surface area contributed by atoms with Crippen molar-refractivity contribution in [1.82, 2.24) is 19.5 Å². The van der Waals surface area contributed by atoms with Crippen LogP contribution in [0.15, 0.2) is 71.9 Å². The van der Waals surface area contributed by atoms with Gasteiger partial charge in [0.05, 0.1) is 17.4 Å². The van der Waals surface area contributed by atoms with E-state index in [9.17, 15) is 18.3 Å². The number of piperazine rings is 1. The SMILES string of the molecule is CCc1ccc(S(=O)(=O)N[C@@H]2c3cc(CC(=O)N4CCN(Cc5cccnc5)CC4)ccc3OC(C)(C)[C@H]2O)cc1.Cl. The van der Waals surface area contributed by atoms with Gasteiger partial charge in [-0.1, -0.05) is 31.2 Å². The van der Waals surface area contributed by atoms with Crippen molar-refractivity contribution in [3.8, 4) is 5.75 Å². The van der Waals surface area contributed by atoms with Gasteiger partial charge in [-0.05, 0) is 67.3 Å². The van der Waals surface area contributed by atoms with E-state index in [1.165, 1.54) is 0 Å². The van der Waals surface area contributed by atoms with E-state index in [1.54, 1.807) is 56.4 Å².